The van der Waals surface area contributed by atoms with E-state index in [1.807, 2.05) is 0 Å². The summed E-state index contributed by atoms with van der Waals surface area (Å²) >= 11 is 6.06. The molecule has 1 saturated heterocycles. The molecule has 2 atom stereocenters. The maximum absolute atomic E-state index is 12.8. The summed E-state index contributed by atoms with van der Waals surface area (Å²) in [5, 5.41) is 24.0. The summed E-state index contributed by atoms with van der Waals surface area (Å²) < 4.78 is 6.51. The van der Waals surface area contributed by atoms with Crippen molar-refractivity contribution in [1.82, 2.24) is 14.9 Å². The largest absolute Gasteiger partial charge is 0.495 e. The Morgan fingerprint density at radius 1 is 1.48 bits per heavy atom. The third kappa shape index (κ3) is 4.26. The van der Waals surface area contributed by atoms with Crippen LogP contribution in [0, 0.1) is 11.3 Å². The number of nitrogens with one attached hydrogen (secondary N) is 1. The smallest absolute Gasteiger partial charge is 0.326 e. The van der Waals surface area contributed by atoms with E-state index in [9.17, 15) is 20.0 Å². The highest BCUT2D eigenvalue weighted by atomic mass is 35.5. The number of carbonyl (C=O) groups is 1. The monoisotopic (exact) mass is 418 g/mol. The Bertz CT molecular complexity index is 1030. The highest BCUT2D eigenvalue weighted by Gasteiger charge is 2.31. The third-order valence-electron chi connectivity index (χ3n) is 4.75. The quantitative estimate of drug-likeness (QED) is 0.729. The van der Waals surface area contributed by atoms with Crippen molar-refractivity contribution >= 4 is 17.6 Å². The van der Waals surface area contributed by atoms with Gasteiger partial charge in [0.15, 0.2) is 0 Å². The first kappa shape index (κ1) is 20.8. The number of nitriles is 1. The number of hydrogen-bond donors (Lipinski definition) is 2. The van der Waals surface area contributed by atoms with E-state index in [1.165, 1.54) is 24.4 Å². The molecule has 152 valence electrons. The van der Waals surface area contributed by atoms with Crippen LogP contribution in [0.4, 0.5) is 0 Å². The molecule has 0 aliphatic carbocycles. The second-order valence-electron chi connectivity index (χ2n) is 6.43. The van der Waals surface area contributed by atoms with E-state index >= 15 is 0 Å². The Kier molecular flexibility index (Phi) is 6.20. The number of carboxylic acid groups (broad SMARTS) is 1. The first-order chi connectivity index (χ1) is 13.8. The minimum atomic E-state index is -1.16. The average Bonchev–Trinajstić information content (AvgIpc) is 3.10. The summed E-state index contributed by atoms with van der Waals surface area (Å²) in [5.41, 5.74) is 0.558. The lowest BCUT2D eigenvalue weighted by Crippen LogP contribution is -2.39. The average molecular weight is 419 g/mol. The molecular weight excluding hydrogens is 400 g/mol. The highest BCUT2D eigenvalue weighted by molar-refractivity contribution is 6.31. The van der Waals surface area contributed by atoms with Gasteiger partial charge >= 0.3 is 5.97 Å². The van der Waals surface area contributed by atoms with Crippen LogP contribution in [0.1, 0.15) is 18.0 Å². The van der Waals surface area contributed by atoms with Gasteiger partial charge in [0.2, 0.25) is 0 Å². The predicted molar refractivity (Wildman–Crippen MR) is 104 cm³/mol. The number of benzene rings is 1. The molecule has 0 bridgehead atoms. The molecule has 0 saturated carbocycles. The van der Waals surface area contributed by atoms with Gasteiger partial charge < -0.3 is 9.84 Å². The van der Waals surface area contributed by atoms with E-state index in [0.717, 1.165) is 4.57 Å². The van der Waals surface area contributed by atoms with Crippen LogP contribution in [-0.4, -0.2) is 47.8 Å². The van der Waals surface area contributed by atoms with Crippen molar-refractivity contribution in [2.45, 2.75) is 18.6 Å². The molecule has 1 aliphatic rings. The summed E-state index contributed by atoms with van der Waals surface area (Å²) in [4.78, 5) is 30.0. The molecule has 9 nitrogen and oxygen atoms in total. The van der Waals surface area contributed by atoms with Crippen LogP contribution in [0.2, 0.25) is 5.02 Å². The van der Waals surface area contributed by atoms with E-state index < -0.39 is 17.6 Å². The number of pyridine rings is 1. The Morgan fingerprint density at radius 2 is 2.24 bits per heavy atom. The maximum atomic E-state index is 12.8. The van der Waals surface area contributed by atoms with E-state index in [-0.39, 0.29) is 25.1 Å². The van der Waals surface area contributed by atoms with E-state index in [4.69, 9.17) is 21.2 Å². The molecule has 1 aromatic heterocycles. The standard InChI is InChI=1S/C19H19ClN4O5/c1-23-17(22-10-29-23)7-15(19(26)27)24-9-16(28-2)14(6-18(24)25)13-5-12(20)4-3-11(13)8-21/h3-6,9,15,17,22H,7,10H2,1-2H3,(H,26,27). The van der Waals surface area contributed by atoms with Gasteiger partial charge in [0.1, 0.15) is 18.5 Å². The number of aliphatic carboxylic acids is 1. The normalized spacial score (nSPS) is 17.7. The molecule has 0 amide bonds. The second-order valence-corrected chi connectivity index (χ2v) is 6.87. The van der Waals surface area contributed by atoms with Gasteiger partial charge in [0.25, 0.3) is 5.56 Å². The van der Waals surface area contributed by atoms with Gasteiger partial charge in [-0.3, -0.25) is 19.5 Å². The number of hydrogen-bond acceptors (Lipinski definition) is 7. The number of halogens is 1. The Labute approximate surface area is 171 Å². The van der Waals surface area contributed by atoms with E-state index in [2.05, 4.69) is 11.4 Å². The molecule has 0 spiro atoms. The van der Waals surface area contributed by atoms with Crippen molar-refractivity contribution in [3.05, 3.63) is 51.4 Å². The van der Waals surface area contributed by atoms with Crippen molar-refractivity contribution in [1.29, 1.82) is 5.26 Å². The number of methoxy groups -OCH3 is 1. The molecule has 2 aromatic rings. The van der Waals surface area contributed by atoms with Crippen molar-refractivity contribution in [2.24, 2.45) is 0 Å². The van der Waals surface area contributed by atoms with Crippen molar-refractivity contribution in [2.75, 3.05) is 20.9 Å². The van der Waals surface area contributed by atoms with Gasteiger partial charge in [0, 0.05) is 35.7 Å². The number of carboxylic acids is 1. The minimum Gasteiger partial charge on any atom is -0.495 e. The molecule has 2 heterocycles. The molecule has 29 heavy (non-hydrogen) atoms. The number of rotatable bonds is 6. The number of nitrogens with zero attached hydrogens (tertiary/aromatic N) is 3. The Balaban J connectivity index is 2.08. The molecule has 3 rings (SSSR count). The first-order valence-electron chi connectivity index (χ1n) is 8.67. The van der Waals surface area contributed by atoms with E-state index in [1.54, 1.807) is 25.2 Å². The van der Waals surface area contributed by atoms with Crippen molar-refractivity contribution < 1.29 is 19.5 Å². The fourth-order valence-electron chi connectivity index (χ4n) is 3.21. The topological polar surface area (TPSA) is 117 Å². The van der Waals surface area contributed by atoms with Crippen LogP contribution in [0.5, 0.6) is 5.75 Å². The van der Waals surface area contributed by atoms with Crippen molar-refractivity contribution in [3.8, 4) is 22.9 Å². The maximum Gasteiger partial charge on any atom is 0.326 e. The Morgan fingerprint density at radius 3 is 2.83 bits per heavy atom. The minimum absolute atomic E-state index is 0.0921. The Hall–Kier alpha value is -2.90. The van der Waals surface area contributed by atoms with Gasteiger partial charge in [-0.2, -0.15) is 10.3 Å². The van der Waals surface area contributed by atoms with Crippen LogP contribution in [0.15, 0.2) is 35.3 Å². The molecule has 2 N–H and O–H groups in total. The zero-order valence-corrected chi connectivity index (χ0v) is 16.5. The molecule has 1 aliphatic heterocycles. The zero-order chi connectivity index (χ0) is 21.1. The van der Waals surface area contributed by atoms with Gasteiger partial charge in [-0.15, -0.1) is 0 Å². The number of aromatic nitrogens is 1. The predicted octanol–water partition coefficient (Wildman–Crippen LogP) is 1.81. The van der Waals surface area contributed by atoms with Gasteiger partial charge in [-0.25, -0.2) is 4.79 Å². The van der Waals surface area contributed by atoms with E-state index in [0.29, 0.717) is 21.7 Å². The summed E-state index contributed by atoms with van der Waals surface area (Å²) in [6.07, 6.45) is 1.06. The first-order valence-corrected chi connectivity index (χ1v) is 9.05. The SMILES string of the molecule is COc1cn(C(CC2NCON2C)C(=O)O)c(=O)cc1-c1cc(Cl)ccc1C#N. The highest BCUT2D eigenvalue weighted by Crippen LogP contribution is 2.33. The summed E-state index contributed by atoms with van der Waals surface area (Å²) in [7, 11) is 3.08. The van der Waals surface area contributed by atoms with Gasteiger partial charge in [-0.1, -0.05) is 11.6 Å². The third-order valence-corrected chi connectivity index (χ3v) is 4.98. The zero-order valence-electron chi connectivity index (χ0n) is 15.8. The van der Waals surface area contributed by atoms with Gasteiger partial charge in [-0.05, 0) is 18.2 Å². The number of ether oxygens (including phenoxy) is 1. The summed E-state index contributed by atoms with van der Waals surface area (Å²) in [6.45, 7) is 0.260. The molecule has 1 aromatic carbocycles. The van der Waals surface area contributed by atoms with Crippen LogP contribution < -0.4 is 15.6 Å². The van der Waals surface area contributed by atoms with Crippen LogP contribution in [-0.2, 0) is 9.63 Å². The van der Waals surface area contributed by atoms with Crippen LogP contribution in [0.3, 0.4) is 0 Å². The van der Waals surface area contributed by atoms with Crippen LogP contribution in [0.25, 0.3) is 11.1 Å². The fourth-order valence-corrected chi connectivity index (χ4v) is 3.38. The summed E-state index contributed by atoms with van der Waals surface area (Å²) in [6, 6.07) is 6.84. The molecule has 1 fully saturated rings. The van der Waals surface area contributed by atoms with Crippen molar-refractivity contribution in [3.63, 3.8) is 0 Å². The molecule has 2 unspecified atom stereocenters. The van der Waals surface area contributed by atoms with Gasteiger partial charge in [0.05, 0.1) is 31.1 Å². The lowest BCUT2D eigenvalue weighted by atomic mass is 10.00. The second kappa shape index (κ2) is 8.63. The fraction of sp³-hybridized carbons (Fsp3) is 0.316. The number of hydroxylamine groups is 2. The molecular formula is C19H19ClN4O5. The molecule has 0 radical (unpaired) electrons. The molecule has 10 heteroatoms. The summed E-state index contributed by atoms with van der Waals surface area (Å²) in [5.74, 6) is -0.914. The lowest BCUT2D eigenvalue weighted by Gasteiger charge is -2.23. The lowest BCUT2D eigenvalue weighted by molar-refractivity contribution is -0.144. The van der Waals surface area contributed by atoms with Crippen LogP contribution >= 0.6 is 11.6 Å².